The predicted molar refractivity (Wildman–Crippen MR) is 108 cm³/mol. The van der Waals surface area contributed by atoms with Crippen LogP contribution in [0.4, 0.5) is 5.69 Å². The molecular weight excluding hydrogens is 354 g/mol. The summed E-state index contributed by atoms with van der Waals surface area (Å²) in [5, 5.41) is 3.51. The van der Waals surface area contributed by atoms with Crippen molar-refractivity contribution in [1.82, 2.24) is 9.55 Å². The van der Waals surface area contributed by atoms with Gasteiger partial charge in [0.15, 0.2) is 0 Å². The van der Waals surface area contributed by atoms with Gasteiger partial charge in [0.25, 0.3) is 5.91 Å². The van der Waals surface area contributed by atoms with Crippen LogP contribution in [0.1, 0.15) is 35.4 Å². The molecule has 0 bridgehead atoms. The summed E-state index contributed by atoms with van der Waals surface area (Å²) in [4.78, 5) is 29.6. The lowest BCUT2D eigenvalue weighted by Crippen LogP contribution is -2.20. The topological polar surface area (TPSA) is 77.1 Å². The second kappa shape index (κ2) is 6.64. The molecule has 2 aromatic carbocycles. The number of aromatic nitrogens is 2. The van der Waals surface area contributed by atoms with Crippen LogP contribution in [-0.4, -0.2) is 15.5 Å². The highest BCUT2D eigenvalue weighted by Gasteiger charge is 2.16. The summed E-state index contributed by atoms with van der Waals surface area (Å²) in [6.45, 7) is 0.982. The van der Waals surface area contributed by atoms with Gasteiger partial charge in [-0.1, -0.05) is 24.6 Å². The average molecular weight is 373 g/mol. The van der Waals surface area contributed by atoms with E-state index in [0.29, 0.717) is 16.7 Å². The number of hydrogen-bond acceptors (Lipinski definition) is 4. The van der Waals surface area contributed by atoms with Gasteiger partial charge in [-0.05, 0) is 43.2 Å². The zero-order valence-corrected chi connectivity index (χ0v) is 15.3. The number of benzene rings is 2. The normalized spacial score (nSPS) is 14.0. The molecule has 1 aliphatic rings. The highest BCUT2D eigenvalue weighted by Crippen LogP contribution is 2.24. The number of imidazole rings is 1. The number of carbonyl (C=O) groups is 1. The van der Waals surface area contributed by atoms with Crippen LogP contribution in [0.2, 0.25) is 0 Å². The molecule has 0 aliphatic carbocycles. The third-order valence-electron chi connectivity index (χ3n) is 5.25. The van der Waals surface area contributed by atoms with Crippen LogP contribution in [0, 0.1) is 0 Å². The Labute approximate surface area is 160 Å². The summed E-state index contributed by atoms with van der Waals surface area (Å²) in [7, 11) is 0. The van der Waals surface area contributed by atoms with E-state index in [2.05, 4.69) is 9.88 Å². The van der Waals surface area contributed by atoms with Crippen LogP contribution in [0.25, 0.3) is 22.0 Å². The summed E-state index contributed by atoms with van der Waals surface area (Å²) >= 11 is 0. The highest BCUT2D eigenvalue weighted by atomic mass is 16.4. The Morgan fingerprint density at radius 1 is 1.07 bits per heavy atom. The molecular formula is C22H19N3O3. The standard InChI is InChI=1S/C22H19N3O3/c26-21(16-12-14-6-3-4-7-19(14)28-22(16)27)23-15-9-10-18-17(13-15)24-20-8-2-1-5-11-25(18)20/h3-4,6-7,9-10,12-13H,1-2,5,8,11H2,(H,23,26). The molecule has 2 aromatic heterocycles. The molecule has 28 heavy (non-hydrogen) atoms. The Balaban J connectivity index is 1.47. The number of amides is 1. The molecule has 1 amide bonds. The van der Waals surface area contributed by atoms with E-state index >= 15 is 0 Å². The van der Waals surface area contributed by atoms with Crippen molar-refractivity contribution in [3.8, 4) is 0 Å². The Hall–Kier alpha value is -3.41. The van der Waals surface area contributed by atoms with Gasteiger partial charge in [0, 0.05) is 24.0 Å². The zero-order chi connectivity index (χ0) is 19.1. The lowest BCUT2D eigenvalue weighted by atomic mass is 10.1. The van der Waals surface area contributed by atoms with Gasteiger partial charge in [-0.15, -0.1) is 0 Å². The summed E-state index contributed by atoms with van der Waals surface area (Å²) < 4.78 is 7.53. The van der Waals surface area contributed by atoms with E-state index in [0.717, 1.165) is 42.7 Å². The van der Waals surface area contributed by atoms with E-state index < -0.39 is 11.5 Å². The van der Waals surface area contributed by atoms with Gasteiger partial charge in [0.2, 0.25) is 0 Å². The van der Waals surface area contributed by atoms with Crippen molar-refractivity contribution in [1.29, 1.82) is 0 Å². The highest BCUT2D eigenvalue weighted by molar-refractivity contribution is 6.06. The first-order valence-electron chi connectivity index (χ1n) is 9.52. The molecule has 4 aromatic rings. The Morgan fingerprint density at radius 2 is 1.96 bits per heavy atom. The van der Waals surface area contributed by atoms with Gasteiger partial charge in [0.05, 0.1) is 11.0 Å². The van der Waals surface area contributed by atoms with Gasteiger partial charge in [-0.3, -0.25) is 4.79 Å². The lowest BCUT2D eigenvalue weighted by Gasteiger charge is -2.07. The monoisotopic (exact) mass is 373 g/mol. The number of carbonyl (C=O) groups excluding carboxylic acids is 1. The van der Waals surface area contributed by atoms with E-state index in [1.807, 2.05) is 24.3 Å². The number of nitrogens with zero attached hydrogens (tertiary/aromatic N) is 2. The van der Waals surface area contributed by atoms with Gasteiger partial charge >= 0.3 is 5.63 Å². The first kappa shape index (κ1) is 16.7. The van der Waals surface area contributed by atoms with Crippen LogP contribution < -0.4 is 10.9 Å². The van der Waals surface area contributed by atoms with Crippen LogP contribution in [0.3, 0.4) is 0 Å². The van der Waals surface area contributed by atoms with Crippen LogP contribution in [0.15, 0.2) is 57.7 Å². The quantitative estimate of drug-likeness (QED) is 0.536. The SMILES string of the molecule is O=C(Nc1ccc2c(c1)nc1n2CCCCC1)c1cc2ccccc2oc1=O. The molecule has 0 spiro atoms. The molecule has 140 valence electrons. The van der Waals surface area contributed by atoms with Gasteiger partial charge in [0.1, 0.15) is 17.0 Å². The van der Waals surface area contributed by atoms with Crippen LogP contribution in [-0.2, 0) is 13.0 Å². The van der Waals surface area contributed by atoms with E-state index in [9.17, 15) is 9.59 Å². The summed E-state index contributed by atoms with van der Waals surface area (Å²) in [5.41, 5.74) is 2.36. The van der Waals surface area contributed by atoms with Crippen LogP contribution in [0.5, 0.6) is 0 Å². The van der Waals surface area contributed by atoms with Gasteiger partial charge < -0.3 is 14.3 Å². The first-order valence-corrected chi connectivity index (χ1v) is 9.52. The van der Waals surface area contributed by atoms with E-state index in [1.54, 1.807) is 24.3 Å². The molecule has 0 saturated carbocycles. The number of para-hydroxylation sites is 1. The van der Waals surface area contributed by atoms with Crippen LogP contribution >= 0.6 is 0 Å². The third-order valence-corrected chi connectivity index (χ3v) is 5.25. The van der Waals surface area contributed by atoms with Crippen molar-refractivity contribution in [3.05, 3.63) is 70.3 Å². The fourth-order valence-corrected chi connectivity index (χ4v) is 3.85. The smallest absolute Gasteiger partial charge is 0.349 e. The Morgan fingerprint density at radius 3 is 2.89 bits per heavy atom. The number of rotatable bonds is 2. The zero-order valence-electron chi connectivity index (χ0n) is 15.3. The predicted octanol–water partition coefficient (Wildman–Crippen LogP) is 4.12. The Kier molecular flexibility index (Phi) is 3.97. The molecule has 5 rings (SSSR count). The van der Waals surface area contributed by atoms with E-state index in [1.165, 1.54) is 6.42 Å². The van der Waals surface area contributed by atoms with Crippen molar-refractivity contribution in [2.75, 3.05) is 5.32 Å². The number of aryl methyl sites for hydroxylation is 2. The summed E-state index contributed by atoms with van der Waals surface area (Å²) in [6, 6.07) is 14.4. The maximum Gasteiger partial charge on any atom is 0.349 e. The first-order chi connectivity index (χ1) is 13.7. The molecule has 0 unspecified atom stereocenters. The summed E-state index contributed by atoms with van der Waals surface area (Å²) in [6.07, 6.45) is 4.53. The minimum atomic E-state index is -0.647. The van der Waals surface area contributed by atoms with E-state index in [4.69, 9.17) is 9.40 Å². The lowest BCUT2D eigenvalue weighted by molar-refractivity contribution is 0.102. The van der Waals surface area contributed by atoms with Crippen molar-refractivity contribution in [2.45, 2.75) is 32.2 Å². The minimum Gasteiger partial charge on any atom is -0.422 e. The number of nitrogens with one attached hydrogen (secondary N) is 1. The number of fused-ring (bicyclic) bond motifs is 4. The maximum absolute atomic E-state index is 12.7. The second-order valence-corrected chi connectivity index (χ2v) is 7.13. The molecule has 0 atom stereocenters. The summed E-state index contributed by atoms with van der Waals surface area (Å²) in [5.74, 6) is 0.616. The van der Waals surface area contributed by atoms with Crippen molar-refractivity contribution in [3.63, 3.8) is 0 Å². The van der Waals surface area contributed by atoms with Crippen molar-refractivity contribution in [2.24, 2.45) is 0 Å². The molecule has 6 heteroatoms. The fourth-order valence-electron chi connectivity index (χ4n) is 3.85. The number of anilines is 1. The maximum atomic E-state index is 12.7. The van der Waals surface area contributed by atoms with Gasteiger partial charge in [-0.2, -0.15) is 0 Å². The molecule has 1 N–H and O–H groups in total. The van der Waals surface area contributed by atoms with Crippen molar-refractivity contribution >= 4 is 33.6 Å². The third kappa shape index (κ3) is 2.87. The molecule has 0 fully saturated rings. The Bertz CT molecular complexity index is 1270. The molecule has 1 aliphatic heterocycles. The van der Waals surface area contributed by atoms with E-state index in [-0.39, 0.29) is 5.56 Å². The molecule has 0 radical (unpaired) electrons. The second-order valence-electron chi connectivity index (χ2n) is 7.13. The average Bonchev–Trinajstić information content (AvgIpc) is 2.87. The van der Waals surface area contributed by atoms with Gasteiger partial charge in [-0.25, -0.2) is 9.78 Å². The van der Waals surface area contributed by atoms with Crippen molar-refractivity contribution < 1.29 is 9.21 Å². The minimum absolute atomic E-state index is 0.0144. The molecule has 0 saturated heterocycles. The molecule has 6 nitrogen and oxygen atoms in total. The fraction of sp³-hybridized carbons (Fsp3) is 0.227. The molecule has 3 heterocycles. The number of hydrogen-bond donors (Lipinski definition) is 1. The largest absolute Gasteiger partial charge is 0.422 e.